The van der Waals surface area contributed by atoms with Gasteiger partial charge in [-0.1, -0.05) is 42.3 Å². The number of carbonyl (C=O) groups excluding carboxylic acids is 3. The first-order valence-corrected chi connectivity index (χ1v) is 8.44. The number of nitrogens with zero attached hydrogens (tertiary/aromatic N) is 3. The Hall–Kier alpha value is -3.74. The Morgan fingerprint density at radius 3 is 2.15 bits per heavy atom. The van der Waals surface area contributed by atoms with Crippen molar-refractivity contribution in [2.75, 3.05) is 0 Å². The van der Waals surface area contributed by atoms with E-state index in [1.54, 1.807) is 16.8 Å². The van der Waals surface area contributed by atoms with Gasteiger partial charge in [-0.2, -0.15) is 5.10 Å². The Balaban J connectivity index is 1.63. The first-order valence-electron chi connectivity index (χ1n) is 8.44. The highest BCUT2D eigenvalue weighted by molar-refractivity contribution is 6.21. The fourth-order valence-corrected chi connectivity index (χ4v) is 3.06. The Morgan fingerprint density at radius 2 is 1.56 bits per heavy atom. The highest BCUT2D eigenvalue weighted by Crippen LogP contribution is 2.24. The maximum atomic E-state index is 12.6. The largest absolute Gasteiger partial charge is 0.367 e. The van der Waals surface area contributed by atoms with Gasteiger partial charge >= 0.3 is 5.97 Å². The van der Waals surface area contributed by atoms with E-state index in [0.717, 1.165) is 5.69 Å². The molecule has 0 fully saturated rings. The van der Waals surface area contributed by atoms with Crippen LogP contribution in [0.4, 0.5) is 0 Å². The van der Waals surface area contributed by atoms with Gasteiger partial charge in [0.15, 0.2) is 0 Å². The highest BCUT2D eigenvalue weighted by atomic mass is 16.7. The quantitative estimate of drug-likeness (QED) is 0.668. The third-order valence-electron chi connectivity index (χ3n) is 4.36. The molecule has 2 heterocycles. The van der Waals surface area contributed by atoms with E-state index in [0.29, 0.717) is 17.2 Å². The first-order chi connectivity index (χ1) is 13.1. The van der Waals surface area contributed by atoms with Crippen molar-refractivity contribution in [3.8, 4) is 5.69 Å². The third-order valence-corrected chi connectivity index (χ3v) is 4.36. The predicted molar refractivity (Wildman–Crippen MR) is 95.3 cm³/mol. The lowest BCUT2D eigenvalue weighted by Gasteiger charge is -2.13. The molecular weight excluding hydrogens is 346 g/mol. The van der Waals surface area contributed by atoms with Gasteiger partial charge in [-0.3, -0.25) is 9.59 Å². The van der Waals surface area contributed by atoms with Gasteiger partial charge in [0.25, 0.3) is 11.8 Å². The number of hydrogen-bond acceptors (Lipinski definition) is 5. The molecule has 0 saturated carbocycles. The lowest BCUT2D eigenvalue weighted by Crippen LogP contribution is -2.32. The molecule has 0 spiro atoms. The molecule has 0 saturated heterocycles. The third kappa shape index (κ3) is 2.69. The zero-order chi connectivity index (χ0) is 19.0. The van der Waals surface area contributed by atoms with Crippen LogP contribution in [0.2, 0.25) is 0 Å². The van der Waals surface area contributed by atoms with Crippen molar-refractivity contribution in [3.63, 3.8) is 0 Å². The monoisotopic (exact) mass is 361 g/mol. The van der Waals surface area contributed by atoms with Crippen molar-refractivity contribution in [2.24, 2.45) is 0 Å². The van der Waals surface area contributed by atoms with Crippen LogP contribution in [0.1, 0.15) is 43.7 Å². The summed E-state index contributed by atoms with van der Waals surface area (Å²) >= 11 is 0. The van der Waals surface area contributed by atoms with E-state index in [2.05, 4.69) is 5.10 Å². The minimum atomic E-state index is -0.802. The summed E-state index contributed by atoms with van der Waals surface area (Å²) in [7, 11) is 0. The van der Waals surface area contributed by atoms with Crippen molar-refractivity contribution in [2.45, 2.75) is 13.3 Å². The Kier molecular flexibility index (Phi) is 4.04. The Morgan fingerprint density at radius 1 is 0.963 bits per heavy atom. The van der Waals surface area contributed by atoms with E-state index >= 15 is 0 Å². The minimum Gasteiger partial charge on any atom is -0.324 e. The van der Waals surface area contributed by atoms with Crippen molar-refractivity contribution < 1.29 is 19.2 Å². The van der Waals surface area contributed by atoms with Gasteiger partial charge in [-0.25, -0.2) is 9.48 Å². The molecule has 2 amide bonds. The van der Waals surface area contributed by atoms with Gasteiger partial charge < -0.3 is 4.84 Å². The number of hydroxylamine groups is 2. The van der Waals surface area contributed by atoms with E-state index in [1.165, 1.54) is 18.3 Å². The van der Waals surface area contributed by atoms with Gasteiger partial charge in [0.05, 0.1) is 28.7 Å². The molecule has 7 nitrogen and oxygen atoms in total. The van der Waals surface area contributed by atoms with Crippen molar-refractivity contribution in [1.82, 2.24) is 14.8 Å². The number of aromatic nitrogens is 2. The molecule has 0 atom stereocenters. The van der Waals surface area contributed by atoms with E-state index in [4.69, 9.17) is 4.84 Å². The van der Waals surface area contributed by atoms with Gasteiger partial charge in [0.2, 0.25) is 0 Å². The summed E-state index contributed by atoms with van der Waals surface area (Å²) in [5.74, 6) is -2.11. The number of amides is 2. The maximum Gasteiger partial charge on any atom is 0.367 e. The van der Waals surface area contributed by atoms with Gasteiger partial charge in [0.1, 0.15) is 5.56 Å². The van der Waals surface area contributed by atoms with Crippen molar-refractivity contribution in [1.29, 1.82) is 0 Å². The van der Waals surface area contributed by atoms with Crippen LogP contribution in [0.15, 0.2) is 60.8 Å². The number of para-hydroxylation sites is 1. The zero-order valence-corrected chi connectivity index (χ0v) is 14.5. The molecule has 0 bridgehead atoms. The molecule has 0 aliphatic carbocycles. The van der Waals surface area contributed by atoms with Gasteiger partial charge in [-0.05, 0) is 30.7 Å². The number of fused-ring (bicyclic) bond motifs is 1. The second-order valence-electron chi connectivity index (χ2n) is 5.93. The van der Waals surface area contributed by atoms with Gasteiger partial charge in [-0.15, -0.1) is 0 Å². The van der Waals surface area contributed by atoms with Crippen LogP contribution >= 0.6 is 0 Å². The second kappa shape index (κ2) is 6.53. The summed E-state index contributed by atoms with van der Waals surface area (Å²) < 4.78 is 1.64. The smallest absolute Gasteiger partial charge is 0.324 e. The van der Waals surface area contributed by atoms with Crippen LogP contribution in [0.25, 0.3) is 5.69 Å². The van der Waals surface area contributed by atoms with Crippen LogP contribution < -0.4 is 0 Å². The van der Waals surface area contributed by atoms with Crippen LogP contribution in [0.3, 0.4) is 0 Å². The summed E-state index contributed by atoms with van der Waals surface area (Å²) in [6.07, 6.45) is 1.90. The fourth-order valence-electron chi connectivity index (χ4n) is 3.06. The van der Waals surface area contributed by atoms with Crippen molar-refractivity contribution in [3.05, 3.63) is 83.2 Å². The molecular formula is C20H15N3O4. The minimum absolute atomic E-state index is 0.206. The zero-order valence-electron chi connectivity index (χ0n) is 14.5. The lowest BCUT2D eigenvalue weighted by atomic mass is 10.1. The molecule has 3 aromatic rings. The Labute approximate surface area is 154 Å². The van der Waals surface area contributed by atoms with E-state index in [-0.39, 0.29) is 16.7 Å². The molecule has 134 valence electrons. The summed E-state index contributed by atoms with van der Waals surface area (Å²) in [5, 5.41) is 4.76. The molecule has 1 aliphatic heterocycles. The highest BCUT2D eigenvalue weighted by Gasteiger charge is 2.39. The van der Waals surface area contributed by atoms with Gasteiger partial charge in [0, 0.05) is 0 Å². The van der Waals surface area contributed by atoms with E-state index in [9.17, 15) is 14.4 Å². The summed E-state index contributed by atoms with van der Waals surface area (Å²) in [6.45, 7) is 1.88. The SMILES string of the molecule is CCc1c(C(=O)ON2C(=O)c3ccccc3C2=O)cnn1-c1ccccc1. The molecule has 0 radical (unpaired) electrons. The lowest BCUT2D eigenvalue weighted by molar-refractivity contribution is -0.0585. The molecule has 0 N–H and O–H groups in total. The van der Waals surface area contributed by atoms with Crippen LogP contribution in [0, 0.1) is 0 Å². The molecule has 2 aromatic carbocycles. The summed E-state index contributed by atoms with van der Waals surface area (Å²) in [5.41, 5.74) is 2.06. The molecule has 1 aliphatic rings. The van der Waals surface area contributed by atoms with E-state index < -0.39 is 17.8 Å². The number of hydrogen-bond donors (Lipinski definition) is 0. The van der Waals surface area contributed by atoms with Crippen LogP contribution in [0.5, 0.6) is 0 Å². The fraction of sp³-hybridized carbons (Fsp3) is 0.100. The second-order valence-corrected chi connectivity index (χ2v) is 5.93. The van der Waals surface area contributed by atoms with Crippen LogP contribution in [-0.4, -0.2) is 32.6 Å². The average Bonchev–Trinajstić information content (AvgIpc) is 3.24. The van der Waals surface area contributed by atoms with E-state index in [1.807, 2.05) is 37.3 Å². The molecule has 4 rings (SSSR count). The number of carbonyl (C=O) groups is 3. The molecule has 1 aromatic heterocycles. The standard InChI is InChI=1S/C20H15N3O4/c1-2-17-16(12-21-22(17)13-8-4-3-5-9-13)20(26)27-23-18(24)14-10-6-7-11-15(14)19(23)25/h3-12H,2H2,1H3. The van der Waals surface area contributed by atoms with Crippen LogP contribution in [-0.2, 0) is 11.3 Å². The topological polar surface area (TPSA) is 81.5 Å². The number of rotatable bonds is 4. The number of imide groups is 1. The predicted octanol–water partition coefficient (Wildman–Crippen LogP) is 2.80. The normalized spacial score (nSPS) is 13.0. The summed E-state index contributed by atoms with van der Waals surface area (Å²) in [6, 6.07) is 15.7. The first kappa shape index (κ1) is 16.7. The number of benzene rings is 2. The van der Waals surface area contributed by atoms with Crippen molar-refractivity contribution >= 4 is 17.8 Å². The molecule has 27 heavy (non-hydrogen) atoms. The summed E-state index contributed by atoms with van der Waals surface area (Å²) in [4.78, 5) is 42.5. The Bertz CT molecular complexity index is 1020. The molecule has 7 heteroatoms. The average molecular weight is 361 g/mol. The maximum absolute atomic E-state index is 12.6. The molecule has 0 unspecified atom stereocenters.